The van der Waals surface area contributed by atoms with E-state index in [2.05, 4.69) is 34.7 Å². The van der Waals surface area contributed by atoms with E-state index in [-0.39, 0.29) is 0 Å². The molecule has 0 unspecified atom stereocenters. The Labute approximate surface area is 119 Å². The Bertz CT molecular complexity index is 564. The van der Waals surface area contributed by atoms with Crippen molar-refractivity contribution >= 4 is 0 Å². The molecule has 0 bridgehead atoms. The van der Waals surface area contributed by atoms with E-state index in [0.717, 1.165) is 29.4 Å². The normalized spacial score (nSPS) is 11.1. The van der Waals surface area contributed by atoms with Gasteiger partial charge in [-0.1, -0.05) is 13.8 Å². The van der Waals surface area contributed by atoms with Gasteiger partial charge in [-0.15, -0.1) is 5.10 Å². The highest BCUT2D eigenvalue weighted by atomic mass is 16.5. The molecule has 1 aromatic heterocycles. The van der Waals surface area contributed by atoms with Crippen molar-refractivity contribution in [1.29, 1.82) is 0 Å². The predicted octanol–water partition coefficient (Wildman–Crippen LogP) is 1.72. The molecule has 2 aromatic rings. The first-order valence-electron chi connectivity index (χ1n) is 6.74. The molecule has 0 aliphatic heterocycles. The Kier molecular flexibility index (Phi) is 4.68. The molecule has 2 rings (SSSR count). The molecule has 1 N–H and O–H groups in total. The van der Waals surface area contributed by atoms with Gasteiger partial charge >= 0.3 is 0 Å². The minimum atomic E-state index is 0.599. The zero-order chi connectivity index (χ0) is 14.5. The summed E-state index contributed by atoms with van der Waals surface area (Å²) in [5.74, 6) is 2.24. The van der Waals surface area contributed by atoms with Crippen LogP contribution in [-0.4, -0.2) is 33.9 Å². The van der Waals surface area contributed by atoms with Gasteiger partial charge in [-0.3, -0.25) is 0 Å². The first kappa shape index (κ1) is 14.5. The van der Waals surface area contributed by atoms with Crippen LogP contribution in [0, 0.1) is 12.8 Å². The first-order chi connectivity index (χ1) is 9.61. The topological polar surface area (TPSA) is 64.9 Å². The Morgan fingerprint density at radius 2 is 2.15 bits per heavy atom. The minimum absolute atomic E-state index is 0.599. The molecule has 6 heteroatoms. The third kappa shape index (κ3) is 3.33. The average Bonchev–Trinajstić information content (AvgIpc) is 2.86. The van der Waals surface area contributed by atoms with Crippen LogP contribution < -0.4 is 10.1 Å². The summed E-state index contributed by atoms with van der Waals surface area (Å²) in [5, 5.41) is 15.3. The lowest BCUT2D eigenvalue weighted by Gasteiger charge is -2.10. The van der Waals surface area contributed by atoms with E-state index in [0.29, 0.717) is 12.5 Å². The Hall–Kier alpha value is -1.95. The Balaban J connectivity index is 2.19. The van der Waals surface area contributed by atoms with Gasteiger partial charge in [0.15, 0.2) is 5.82 Å². The van der Waals surface area contributed by atoms with Crippen LogP contribution in [-0.2, 0) is 6.54 Å². The zero-order valence-electron chi connectivity index (χ0n) is 12.4. The minimum Gasteiger partial charge on any atom is -0.497 e. The maximum atomic E-state index is 5.22. The fourth-order valence-corrected chi connectivity index (χ4v) is 1.97. The van der Waals surface area contributed by atoms with Gasteiger partial charge in [0, 0.05) is 0 Å². The van der Waals surface area contributed by atoms with Gasteiger partial charge < -0.3 is 10.1 Å². The maximum absolute atomic E-state index is 5.22. The second kappa shape index (κ2) is 6.47. The lowest BCUT2D eigenvalue weighted by Crippen LogP contribution is -2.21. The molecule has 1 aromatic carbocycles. The van der Waals surface area contributed by atoms with Crippen molar-refractivity contribution in [2.75, 3.05) is 13.7 Å². The number of benzene rings is 1. The molecule has 0 saturated carbocycles. The van der Waals surface area contributed by atoms with Crippen molar-refractivity contribution in [2.45, 2.75) is 27.3 Å². The zero-order valence-corrected chi connectivity index (χ0v) is 12.4. The lowest BCUT2D eigenvalue weighted by molar-refractivity contribution is 0.414. The number of nitrogens with one attached hydrogen (secondary N) is 1. The molecule has 0 saturated heterocycles. The van der Waals surface area contributed by atoms with Gasteiger partial charge in [-0.2, -0.15) is 4.68 Å². The summed E-state index contributed by atoms with van der Waals surface area (Å²) in [4.78, 5) is 0. The number of nitrogens with zero attached hydrogens (tertiary/aromatic N) is 4. The summed E-state index contributed by atoms with van der Waals surface area (Å²) in [6.07, 6.45) is 0. The SMILES string of the molecule is COc1ccc(-n2nnnc2CNCC(C)C)c(C)c1. The summed E-state index contributed by atoms with van der Waals surface area (Å²) < 4.78 is 6.98. The summed E-state index contributed by atoms with van der Waals surface area (Å²) in [7, 11) is 1.66. The molecule has 20 heavy (non-hydrogen) atoms. The predicted molar refractivity (Wildman–Crippen MR) is 77.0 cm³/mol. The molecule has 0 fully saturated rings. The summed E-state index contributed by atoms with van der Waals surface area (Å²) in [6.45, 7) is 7.95. The van der Waals surface area contributed by atoms with Crippen molar-refractivity contribution < 1.29 is 4.74 Å². The van der Waals surface area contributed by atoms with E-state index in [1.165, 1.54) is 0 Å². The number of hydrogen-bond donors (Lipinski definition) is 1. The monoisotopic (exact) mass is 275 g/mol. The van der Waals surface area contributed by atoms with Crippen LogP contribution in [0.25, 0.3) is 5.69 Å². The number of methoxy groups -OCH3 is 1. The van der Waals surface area contributed by atoms with Gasteiger partial charge in [0.2, 0.25) is 0 Å². The molecule has 1 heterocycles. The van der Waals surface area contributed by atoms with Gasteiger partial charge in [0.05, 0.1) is 19.3 Å². The highest BCUT2D eigenvalue weighted by molar-refractivity contribution is 5.44. The van der Waals surface area contributed by atoms with Crippen molar-refractivity contribution in [3.63, 3.8) is 0 Å². The number of aromatic nitrogens is 4. The molecule has 0 atom stereocenters. The van der Waals surface area contributed by atoms with Crippen molar-refractivity contribution in [3.05, 3.63) is 29.6 Å². The molecule has 0 aliphatic rings. The molecule has 0 radical (unpaired) electrons. The molecule has 108 valence electrons. The third-order valence-corrected chi connectivity index (χ3v) is 3.00. The summed E-state index contributed by atoms with van der Waals surface area (Å²) in [6, 6.07) is 5.86. The molecule has 0 amide bonds. The van der Waals surface area contributed by atoms with Crippen molar-refractivity contribution in [3.8, 4) is 11.4 Å². The average molecular weight is 275 g/mol. The number of hydrogen-bond acceptors (Lipinski definition) is 5. The van der Waals surface area contributed by atoms with Crippen LogP contribution in [0.15, 0.2) is 18.2 Å². The molecule has 0 aliphatic carbocycles. The Morgan fingerprint density at radius 1 is 1.35 bits per heavy atom. The van der Waals surface area contributed by atoms with E-state index in [1.54, 1.807) is 11.8 Å². The van der Waals surface area contributed by atoms with E-state index in [1.807, 2.05) is 25.1 Å². The number of aryl methyl sites for hydroxylation is 1. The third-order valence-electron chi connectivity index (χ3n) is 3.00. The van der Waals surface area contributed by atoms with Crippen LogP contribution >= 0.6 is 0 Å². The van der Waals surface area contributed by atoms with Crippen LogP contribution in [0.4, 0.5) is 0 Å². The first-order valence-corrected chi connectivity index (χ1v) is 6.74. The largest absolute Gasteiger partial charge is 0.497 e. The fraction of sp³-hybridized carbons (Fsp3) is 0.500. The van der Waals surface area contributed by atoms with Gasteiger partial charge in [0.1, 0.15) is 5.75 Å². The van der Waals surface area contributed by atoms with E-state index < -0.39 is 0 Å². The standard InChI is InChI=1S/C14H21N5O/c1-10(2)8-15-9-14-16-17-18-19(14)13-6-5-12(20-4)7-11(13)3/h5-7,10,15H,8-9H2,1-4H3. The van der Waals surface area contributed by atoms with Gasteiger partial charge in [-0.25, -0.2) is 0 Å². The molecule has 0 spiro atoms. The molecular weight excluding hydrogens is 254 g/mol. The summed E-state index contributed by atoms with van der Waals surface area (Å²) in [5.41, 5.74) is 2.04. The lowest BCUT2D eigenvalue weighted by atomic mass is 10.2. The van der Waals surface area contributed by atoms with Gasteiger partial charge in [-0.05, 0) is 53.6 Å². The smallest absolute Gasteiger partial charge is 0.170 e. The van der Waals surface area contributed by atoms with E-state index >= 15 is 0 Å². The maximum Gasteiger partial charge on any atom is 0.170 e. The summed E-state index contributed by atoms with van der Waals surface area (Å²) >= 11 is 0. The van der Waals surface area contributed by atoms with E-state index in [4.69, 9.17) is 4.74 Å². The van der Waals surface area contributed by atoms with Crippen molar-refractivity contribution in [1.82, 2.24) is 25.5 Å². The molecular formula is C14H21N5O. The molecule has 6 nitrogen and oxygen atoms in total. The van der Waals surface area contributed by atoms with Crippen LogP contribution in [0.3, 0.4) is 0 Å². The fourth-order valence-electron chi connectivity index (χ4n) is 1.97. The van der Waals surface area contributed by atoms with Crippen LogP contribution in [0.2, 0.25) is 0 Å². The highest BCUT2D eigenvalue weighted by Crippen LogP contribution is 2.20. The highest BCUT2D eigenvalue weighted by Gasteiger charge is 2.11. The van der Waals surface area contributed by atoms with Crippen LogP contribution in [0.5, 0.6) is 5.75 Å². The number of tetrazole rings is 1. The van der Waals surface area contributed by atoms with E-state index in [9.17, 15) is 0 Å². The number of rotatable bonds is 6. The second-order valence-corrected chi connectivity index (χ2v) is 5.18. The van der Waals surface area contributed by atoms with Crippen LogP contribution in [0.1, 0.15) is 25.2 Å². The quantitative estimate of drug-likeness (QED) is 0.869. The van der Waals surface area contributed by atoms with Crippen molar-refractivity contribution in [2.24, 2.45) is 5.92 Å². The second-order valence-electron chi connectivity index (χ2n) is 5.18. The Morgan fingerprint density at radius 3 is 2.80 bits per heavy atom. The number of ether oxygens (including phenoxy) is 1. The van der Waals surface area contributed by atoms with Gasteiger partial charge in [0.25, 0.3) is 0 Å².